The van der Waals surface area contributed by atoms with Gasteiger partial charge < -0.3 is 14.5 Å². The summed E-state index contributed by atoms with van der Waals surface area (Å²) in [4.78, 5) is 27.6. The lowest BCUT2D eigenvalue weighted by molar-refractivity contribution is -0.145. The highest BCUT2D eigenvalue weighted by atomic mass is 16.5. The number of carbonyl (C=O) groups is 2. The first kappa shape index (κ1) is 12.4. The van der Waals surface area contributed by atoms with E-state index in [0.717, 1.165) is 0 Å². The maximum absolute atomic E-state index is 12.3. The fourth-order valence-electron chi connectivity index (χ4n) is 2.59. The highest BCUT2D eigenvalue weighted by Gasteiger charge is 2.39. The number of amides is 2. The van der Waals surface area contributed by atoms with E-state index in [-0.39, 0.29) is 23.9 Å². The van der Waals surface area contributed by atoms with Gasteiger partial charge in [-0.15, -0.1) is 0 Å². The minimum absolute atomic E-state index is 0.0906. The lowest BCUT2D eigenvalue weighted by atomic mass is 10.1. The SMILES string of the molecule is CC(C)N1C(=O)CCC1C(=O)N1CCOCC1. The van der Waals surface area contributed by atoms with Gasteiger partial charge in [-0.05, 0) is 20.3 Å². The van der Waals surface area contributed by atoms with Crippen molar-refractivity contribution in [3.8, 4) is 0 Å². The monoisotopic (exact) mass is 240 g/mol. The smallest absolute Gasteiger partial charge is 0.245 e. The third kappa shape index (κ3) is 2.44. The molecule has 0 saturated carbocycles. The Kier molecular flexibility index (Phi) is 3.66. The molecule has 2 amide bonds. The number of likely N-dealkylation sites (tertiary alicyclic amines) is 1. The van der Waals surface area contributed by atoms with Crippen molar-refractivity contribution in [1.29, 1.82) is 0 Å². The third-order valence-corrected chi connectivity index (χ3v) is 3.42. The van der Waals surface area contributed by atoms with Crippen LogP contribution in [-0.4, -0.2) is 60.0 Å². The highest BCUT2D eigenvalue weighted by molar-refractivity contribution is 5.91. The Bertz CT molecular complexity index is 311. The molecule has 2 heterocycles. The van der Waals surface area contributed by atoms with Crippen LogP contribution in [0.15, 0.2) is 0 Å². The number of hydrogen-bond donors (Lipinski definition) is 0. The van der Waals surface area contributed by atoms with Crippen LogP contribution in [0.4, 0.5) is 0 Å². The Morgan fingerprint density at radius 1 is 1.35 bits per heavy atom. The predicted molar refractivity (Wildman–Crippen MR) is 62.4 cm³/mol. The van der Waals surface area contributed by atoms with Gasteiger partial charge in [-0.25, -0.2) is 0 Å². The maximum Gasteiger partial charge on any atom is 0.245 e. The van der Waals surface area contributed by atoms with Gasteiger partial charge in [0.05, 0.1) is 13.2 Å². The quantitative estimate of drug-likeness (QED) is 0.695. The predicted octanol–water partition coefficient (Wildman–Crippen LogP) is 0.245. The van der Waals surface area contributed by atoms with E-state index in [0.29, 0.717) is 39.1 Å². The van der Waals surface area contributed by atoms with E-state index in [4.69, 9.17) is 4.74 Å². The number of nitrogens with zero attached hydrogens (tertiary/aromatic N) is 2. The zero-order valence-electron chi connectivity index (χ0n) is 10.5. The van der Waals surface area contributed by atoms with E-state index >= 15 is 0 Å². The molecule has 5 nitrogen and oxygen atoms in total. The van der Waals surface area contributed by atoms with Gasteiger partial charge in [0.1, 0.15) is 6.04 Å². The van der Waals surface area contributed by atoms with E-state index < -0.39 is 0 Å². The third-order valence-electron chi connectivity index (χ3n) is 3.42. The summed E-state index contributed by atoms with van der Waals surface area (Å²) in [5, 5.41) is 0. The van der Waals surface area contributed by atoms with Gasteiger partial charge in [0, 0.05) is 25.6 Å². The molecule has 2 fully saturated rings. The minimum atomic E-state index is -0.249. The second-order valence-electron chi connectivity index (χ2n) is 4.89. The molecule has 5 heteroatoms. The summed E-state index contributed by atoms with van der Waals surface area (Å²) < 4.78 is 5.23. The van der Waals surface area contributed by atoms with Gasteiger partial charge >= 0.3 is 0 Å². The fraction of sp³-hybridized carbons (Fsp3) is 0.833. The van der Waals surface area contributed by atoms with Crippen molar-refractivity contribution in [1.82, 2.24) is 9.80 Å². The standard InChI is InChI=1S/C12H20N2O3/c1-9(2)14-10(3-4-11(14)15)12(16)13-5-7-17-8-6-13/h9-10H,3-8H2,1-2H3. The van der Waals surface area contributed by atoms with Crippen molar-refractivity contribution in [2.45, 2.75) is 38.8 Å². The number of ether oxygens (including phenoxy) is 1. The van der Waals surface area contributed by atoms with Crippen LogP contribution in [0.3, 0.4) is 0 Å². The van der Waals surface area contributed by atoms with Crippen LogP contribution < -0.4 is 0 Å². The van der Waals surface area contributed by atoms with Gasteiger partial charge in [-0.1, -0.05) is 0 Å². The lowest BCUT2D eigenvalue weighted by Crippen LogP contribution is -2.52. The fourth-order valence-corrected chi connectivity index (χ4v) is 2.59. The van der Waals surface area contributed by atoms with E-state index in [1.54, 1.807) is 4.90 Å². The molecular formula is C12H20N2O3. The summed E-state index contributed by atoms with van der Waals surface area (Å²) in [5.41, 5.74) is 0. The molecule has 96 valence electrons. The first-order valence-electron chi connectivity index (χ1n) is 6.29. The summed E-state index contributed by atoms with van der Waals surface area (Å²) in [7, 11) is 0. The molecule has 0 aliphatic carbocycles. The van der Waals surface area contributed by atoms with Gasteiger partial charge in [0.15, 0.2) is 0 Å². The van der Waals surface area contributed by atoms with Crippen molar-refractivity contribution in [2.24, 2.45) is 0 Å². The molecule has 0 N–H and O–H groups in total. The second-order valence-corrected chi connectivity index (χ2v) is 4.89. The maximum atomic E-state index is 12.3. The van der Waals surface area contributed by atoms with Crippen LogP contribution in [0.2, 0.25) is 0 Å². The summed E-state index contributed by atoms with van der Waals surface area (Å²) in [5.74, 6) is 0.194. The molecule has 1 atom stereocenters. The van der Waals surface area contributed by atoms with Crippen LogP contribution in [0, 0.1) is 0 Å². The van der Waals surface area contributed by atoms with Gasteiger partial charge in [0.25, 0.3) is 0 Å². The van der Waals surface area contributed by atoms with Gasteiger partial charge in [-0.3, -0.25) is 9.59 Å². The van der Waals surface area contributed by atoms with E-state index in [9.17, 15) is 9.59 Å². The van der Waals surface area contributed by atoms with Crippen LogP contribution in [-0.2, 0) is 14.3 Å². The molecule has 0 spiro atoms. The van der Waals surface area contributed by atoms with Crippen molar-refractivity contribution < 1.29 is 14.3 Å². The zero-order valence-corrected chi connectivity index (χ0v) is 10.5. The molecule has 2 saturated heterocycles. The largest absolute Gasteiger partial charge is 0.378 e. The molecule has 0 bridgehead atoms. The molecule has 0 aromatic heterocycles. The molecule has 0 aromatic rings. The summed E-state index contributed by atoms with van der Waals surface area (Å²) in [6.45, 7) is 6.43. The summed E-state index contributed by atoms with van der Waals surface area (Å²) >= 11 is 0. The van der Waals surface area contributed by atoms with Crippen molar-refractivity contribution in [3.05, 3.63) is 0 Å². The van der Waals surface area contributed by atoms with Crippen LogP contribution in [0.25, 0.3) is 0 Å². The molecule has 2 rings (SSSR count). The number of morpholine rings is 1. The van der Waals surface area contributed by atoms with E-state index in [2.05, 4.69) is 0 Å². The first-order valence-corrected chi connectivity index (χ1v) is 6.29. The number of rotatable bonds is 2. The molecule has 17 heavy (non-hydrogen) atoms. The summed E-state index contributed by atoms with van der Waals surface area (Å²) in [6, 6.07) is -0.152. The Balaban J connectivity index is 2.05. The Morgan fingerprint density at radius 2 is 2.00 bits per heavy atom. The van der Waals surface area contributed by atoms with Crippen molar-refractivity contribution >= 4 is 11.8 Å². The summed E-state index contributed by atoms with van der Waals surface area (Å²) in [6.07, 6.45) is 1.16. The molecule has 0 radical (unpaired) electrons. The number of hydrogen-bond acceptors (Lipinski definition) is 3. The van der Waals surface area contributed by atoms with E-state index in [1.807, 2.05) is 18.7 Å². The molecule has 2 aliphatic heterocycles. The Morgan fingerprint density at radius 3 is 2.59 bits per heavy atom. The average molecular weight is 240 g/mol. The number of carbonyl (C=O) groups excluding carboxylic acids is 2. The van der Waals surface area contributed by atoms with Crippen molar-refractivity contribution in [3.63, 3.8) is 0 Å². The van der Waals surface area contributed by atoms with Gasteiger partial charge in [-0.2, -0.15) is 0 Å². The zero-order chi connectivity index (χ0) is 12.4. The van der Waals surface area contributed by atoms with Crippen LogP contribution in [0.5, 0.6) is 0 Å². The van der Waals surface area contributed by atoms with Crippen LogP contribution in [0.1, 0.15) is 26.7 Å². The highest BCUT2D eigenvalue weighted by Crippen LogP contribution is 2.23. The molecule has 1 unspecified atom stereocenters. The van der Waals surface area contributed by atoms with Crippen LogP contribution >= 0.6 is 0 Å². The molecule has 2 aliphatic rings. The Hall–Kier alpha value is -1.10. The average Bonchev–Trinajstić information content (AvgIpc) is 2.71. The van der Waals surface area contributed by atoms with Gasteiger partial charge in [0.2, 0.25) is 11.8 Å². The molecular weight excluding hydrogens is 220 g/mol. The lowest BCUT2D eigenvalue weighted by Gasteiger charge is -2.34. The molecule has 0 aromatic carbocycles. The van der Waals surface area contributed by atoms with Crippen molar-refractivity contribution in [2.75, 3.05) is 26.3 Å². The second kappa shape index (κ2) is 5.04. The van der Waals surface area contributed by atoms with E-state index in [1.165, 1.54) is 0 Å². The minimum Gasteiger partial charge on any atom is -0.378 e. The topological polar surface area (TPSA) is 49.9 Å². The first-order chi connectivity index (χ1) is 8.11. The Labute approximate surface area is 102 Å². The normalized spacial score (nSPS) is 25.8.